The number of aromatic amines is 1. The van der Waals surface area contributed by atoms with E-state index in [4.69, 9.17) is 11.6 Å². The van der Waals surface area contributed by atoms with Gasteiger partial charge in [-0.1, -0.05) is 23.7 Å². The van der Waals surface area contributed by atoms with Crippen LogP contribution >= 0.6 is 22.9 Å². The summed E-state index contributed by atoms with van der Waals surface area (Å²) >= 11 is 7.16. The molecule has 4 aromatic rings. The summed E-state index contributed by atoms with van der Waals surface area (Å²) in [6, 6.07) is 6.52. The first-order valence-electron chi connectivity index (χ1n) is 8.20. The molecule has 1 aromatic carbocycles. The zero-order valence-corrected chi connectivity index (χ0v) is 15.9. The minimum Gasteiger partial charge on any atom is -0.310 e. The molecule has 0 atom stereocenters. The maximum Gasteiger partial charge on any atom is 0.417 e. The summed E-state index contributed by atoms with van der Waals surface area (Å²) in [7, 11) is 0. The molecule has 0 bridgehead atoms. The number of hydrogen-bond acceptors (Lipinski definition) is 4. The zero-order valence-electron chi connectivity index (χ0n) is 14.3. The molecule has 4 nitrogen and oxygen atoms in total. The highest BCUT2D eigenvalue weighted by atomic mass is 35.5. The predicted molar refractivity (Wildman–Crippen MR) is 103 cm³/mol. The number of fused-ring (bicyclic) bond motifs is 1. The van der Waals surface area contributed by atoms with Gasteiger partial charge in [0, 0.05) is 23.6 Å². The molecule has 0 aliphatic heterocycles. The standard InChI is InChI=1S/C19H10ClF4N3OS/c20-13-5-10(19(22,23)24)7-25-14(13)6-15-26-17(28)16-12(8-29-18(16)27-15)9-1-3-11(21)4-2-9/h1-5,7-8H,6H2,(H,26,27,28). The summed E-state index contributed by atoms with van der Waals surface area (Å²) in [4.78, 5) is 23.8. The Labute approximate surface area is 169 Å². The van der Waals surface area contributed by atoms with Crippen LogP contribution in [-0.4, -0.2) is 15.0 Å². The highest BCUT2D eigenvalue weighted by Gasteiger charge is 2.31. The molecule has 29 heavy (non-hydrogen) atoms. The number of nitrogens with one attached hydrogen (secondary N) is 1. The van der Waals surface area contributed by atoms with E-state index in [-0.39, 0.29) is 28.8 Å². The van der Waals surface area contributed by atoms with Crippen molar-refractivity contribution < 1.29 is 17.6 Å². The van der Waals surface area contributed by atoms with E-state index in [1.807, 2.05) is 0 Å². The van der Waals surface area contributed by atoms with Crippen LogP contribution in [0.3, 0.4) is 0 Å². The summed E-state index contributed by atoms with van der Waals surface area (Å²) in [5.41, 5.74) is 0.0950. The molecule has 3 heterocycles. The summed E-state index contributed by atoms with van der Waals surface area (Å²) in [5, 5.41) is 1.94. The van der Waals surface area contributed by atoms with Gasteiger partial charge in [0.05, 0.1) is 21.7 Å². The van der Waals surface area contributed by atoms with Gasteiger partial charge < -0.3 is 4.98 Å². The van der Waals surface area contributed by atoms with Crippen molar-refractivity contribution in [1.82, 2.24) is 15.0 Å². The third-order valence-corrected chi connectivity index (χ3v) is 5.43. The van der Waals surface area contributed by atoms with Gasteiger partial charge in [-0.2, -0.15) is 13.2 Å². The third-order valence-electron chi connectivity index (χ3n) is 4.23. The Balaban J connectivity index is 1.70. The number of halogens is 5. The fourth-order valence-electron chi connectivity index (χ4n) is 2.83. The zero-order chi connectivity index (χ0) is 20.8. The minimum absolute atomic E-state index is 0.0358. The number of pyridine rings is 1. The Kier molecular flexibility index (Phi) is 4.87. The Morgan fingerprint density at radius 3 is 2.55 bits per heavy atom. The van der Waals surface area contributed by atoms with Gasteiger partial charge in [-0.05, 0) is 23.8 Å². The molecule has 148 valence electrons. The van der Waals surface area contributed by atoms with Crippen LogP contribution in [0.1, 0.15) is 17.1 Å². The lowest BCUT2D eigenvalue weighted by molar-refractivity contribution is -0.137. The van der Waals surface area contributed by atoms with E-state index < -0.39 is 17.3 Å². The van der Waals surface area contributed by atoms with Crippen molar-refractivity contribution in [3.8, 4) is 11.1 Å². The van der Waals surface area contributed by atoms with Gasteiger partial charge in [-0.25, -0.2) is 9.37 Å². The average Bonchev–Trinajstić information content (AvgIpc) is 3.08. The van der Waals surface area contributed by atoms with E-state index >= 15 is 0 Å². The van der Waals surface area contributed by atoms with Crippen LogP contribution in [0.25, 0.3) is 21.3 Å². The number of nitrogens with zero attached hydrogens (tertiary/aromatic N) is 2. The molecular formula is C19H10ClF4N3OS. The monoisotopic (exact) mass is 439 g/mol. The van der Waals surface area contributed by atoms with Gasteiger partial charge in [-0.15, -0.1) is 11.3 Å². The number of rotatable bonds is 3. The molecule has 10 heteroatoms. The smallest absolute Gasteiger partial charge is 0.310 e. The molecule has 0 unspecified atom stereocenters. The molecule has 0 aliphatic rings. The van der Waals surface area contributed by atoms with Crippen molar-refractivity contribution in [1.29, 1.82) is 0 Å². The largest absolute Gasteiger partial charge is 0.417 e. The maximum atomic E-state index is 13.1. The Hall–Kier alpha value is -2.78. The molecule has 0 saturated carbocycles. The third kappa shape index (κ3) is 3.88. The molecule has 0 spiro atoms. The van der Waals surface area contributed by atoms with Crippen molar-refractivity contribution in [3.05, 3.63) is 80.2 Å². The quantitative estimate of drug-likeness (QED) is 0.432. The van der Waals surface area contributed by atoms with Crippen molar-refractivity contribution >= 4 is 33.2 Å². The van der Waals surface area contributed by atoms with Crippen molar-refractivity contribution in [2.45, 2.75) is 12.6 Å². The number of benzene rings is 1. The lowest BCUT2D eigenvalue weighted by atomic mass is 10.1. The number of hydrogen-bond donors (Lipinski definition) is 1. The van der Waals surface area contributed by atoms with Crippen LogP contribution in [0.2, 0.25) is 5.02 Å². The first-order valence-corrected chi connectivity index (χ1v) is 9.46. The van der Waals surface area contributed by atoms with Crippen molar-refractivity contribution in [3.63, 3.8) is 0 Å². The first-order chi connectivity index (χ1) is 13.7. The summed E-state index contributed by atoms with van der Waals surface area (Å²) in [5.74, 6) is -0.160. The molecular weight excluding hydrogens is 430 g/mol. The average molecular weight is 440 g/mol. The fourth-order valence-corrected chi connectivity index (χ4v) is 4.03. The minimum atomic E-state index is -4.55. The highest BCUT2D eigenvalue weighted by molar-refractivity contribution is 7.17. The topological polar surface area (TPSA) is 58.6 Å². The SMILES string of the molecule is O=c1[nH]c(Cc2ncc(C(F)(F)F)cc2Cl)nc2scc(-c3ccc(F)cc3)c12. The van der Waals surface area contributed by atoms with Crippen LogP contribution in [0.15, 0.2) is 46.7 Å². The van der Waals surface area contributed by atoms with E-state index in [1.165, 1.54) is 23.5 Å². The Morgan fingerprint density at radius 1 is 1.17 bits per heavy atom. The molecule has 3 aromatic heterocycles. The van der Waals surface area contributed by atoms with Crippen molar-refractivity contribution in [2.75, 3.05) is 0 Å². The normalized spacial score (nSPS) is 11.9. The number of H-pyrrole nitrogens is 1. The summed E-state index contributed by atoms with van der Waals surface area (Å²) in [6.07, 6.45) is -3.89. The van der Waals surface area contributed by atoms with Gasteiger partial charge in [0.1, 0.15) is 16.5 Å². The van der Waals surface area contributed by atoms with Gasteiger partial charge in [-0.3, -0.25) is 9.78 Å². The second-order valence-electron chi connectivity index (χ2n) is 6.18. The van der Waals surface area contributed by atoms with Crippen molar-refractivity contribution in [2.24, 2.45) is 0 Å². The Morgan fingerprint density at radius 2 is 1.90 bits per heavy atom. The van der Waals surface area contributed by atoms with Crippen LogP contribution in [0.5, 0.6) is 0 Å². The number of alkyl halides is 3. The number of thiophene rings is 1. The molecule has 0 fully saturated rings. The molecule has 4 rings (SSSR count). The van der Waals surface area contributed by atoms with Gasteiger partial charge in [0.15, 0.2) is 0 Å². The maximum absolute atomic E-state index is 13.1. The van der Waals surface area contributed by atoms with E-state index in [2.05, 4.69) is 15.0 Å². The second kappa shape index (κ2) is 7.23. The van der Waals surface area contributed by atoms with Crippen LogP contribution in [0, 0.1) is 5.82 Å². The number of aromatic nitrogens is 3. The molecule has 1 N–H and O–H groups in total. The highest BCUT2D eigenvalue weighted by Crippen LogP contribution is 2.32. The van der Waals surface area contributed by atoms with E-state index in [0.29, 0.717) is 27.5 Å². The summed E-state index contributed by atoms with van der Waals surface area (Å²) in [6.45, 7) is 0. The van der Waals surface area contributed by atoms with E-state index in [9.17, 15) is 22.4 Å². The van der Waals surface area contributed by atoms with E-state index in [0.717, 1.165) is 6.07 Å². The van der Waals surface area contributed by atoms with Crippen LogP contribution < -0.4 is 5.56 Å². The Bertz CT molecular complexity index is 1270. The second-order valence-corrected chi connectivity index (χ2v) is 7.44. The summed E-state index contributed by atoms with van der Waals surface area (Å²) < 4.78 is 51.4. The van der Waals surface area contributed by atoms with Gasteiger partial charge >= 0.3 is 6.18 Å². The first kappa shape index (κ1) is 19.5. The molecule has 0 saturated heterocycles. The van der Waals surface area contributed by atoms with Crippen LogP contribution in [0.4, 0.5) is 17.6 Å². The lowest BCUT2D eigenvalue weighted by Crippen LogP contribution is -2.13. The van der Waals surface area contributed by atoms with Gasteiger partial charge in [0.2, 0.25) is 0 Å². The lowest BCUT2D eigenvalue weighted by Gasteiger charge is -2.09. The molecule has 0 radical (unpaired) electrons. The molecule has 0 amide bonds. The fraction of sp³-hybridized carbons (Fsp3) is 0.105. The van der Waals surface area contributed by atoms with E-state index in [1.54, 1.807) is 17.5 Å². The predicted octanol–water partition coefficient (Wildman–Crippen LogP) is 5.45. The van der Waals surface area contributed by atoms with Crippen LogP contribution in [-0.2, 0) is 12.6 Å². The molecule has 0 aliphatic carbocycles. The van der Waals surface area contributed by atoms with Gasteiger partial charge in [0.25, 0.3) is 5.56 Å².